The molecule has 1 fully saturated rings. The van der Waals surface area contributed by atoms with Gasteiger partial charge in [-0.25, -0.2) is 0 Å². The number of rotatable bonds is 5. The van der Waals surface area contributed by atoms with Gasteiger partial charge in [-0.1, -0.05) is 0 Å². The third-order valence-electron chi connectivity index (χ3n) is 6.28. The molecule has 4 rings (SSSR count). The molecule has 1 atom stereocenters. The average Bonchev–Trinajstić information content (AvgIpc) is 3.12. The van der Waals surface area contributed by atoms with Crippen molar-refractivity contribution in [2.45, 2.75) is 44.6 Å². The van der Waals surface area contributed by atoms with Crippen molar-refractivity contribution >= 4 is 5.97 Å². The van der Waals surface area contributed by atoms with Crippen LogP contribution in [0.3, 0.4) is 0 Å². The van der Waals surface area contributed by atoms with Gasteiger partial charge in [-0.2, -0.15) is 0 Å². The molecule has 0 N–H and O–H groups in total. The number of carbonyl (C=O) groups is 1. The van der Waals surface area contributed by atoms with Crippen molar-refractivity contribution in [2.24, 2.45) is 0 Å². The van der Waals surface area contributed by atoms with Crippen LogP contribution in [0.15, 0.2) is 78.9 Å². The Hall–Kier alpha value is -2.40. The average molecular weight is 450 g/mol. The van der Waals surface area contributed by atoms with E-state index in [1.807, 2.05) is 48.5 Å². The Labute approximate surface area is 190 Å². The number of hydrogen-bond donors (Lipinski definition) is 0. The molecule has 0 amide bonds. The van der Waals surface area contributed by atoms with Gasteiger partial charge in [0, 0.05) is 0 Å². The molecule has 1 unspecified atom stereocenters. The van der Waals surface area contributed by atoms with Crippen molar-refractivity contribution < 1.29 is 33.4 Å². The van der Waals surface area contributed by atoms with Crippen molar-refractivity contribution in [1.82, 2.24) is 0 Å². The maximum absolute atomic E-state index is 12.5. The molecular formula is C26H26O4Ti. The van der Waals surface area contributed by atoms with E-state index in [-0.39, 0.29) is 5.41 Å². The molecule has 1 heterocycles. The van der Waals surface area contributed by atoms with Gasteiger partial charge in [-0.05, 0) is 0 Å². The first-order chi connectivity index (χ1) is 14.7. The van der Waals surface area contributed by atoms with Gasteiger partial charge in [-0.15, -0.1) is 0 Å². The molecule has 3 aromatic rings. The monoisotopic (exact) mass is 450 g/mol. The fraction of sp³-hybridized carbons (Fsp3) is 0.269. The molecule has 0 bridgehead atoms. The topological polar surface area (TPSA) is 52.6 Å². The van der Waals surface area contributed by atoms with Crippen LogP contribution in [-0.4, -0.2) is 5.97 Å². The van der Waals surface area contributed by atoms with Gasteiger partial charge in [0.05, 0.1) is 0 Å². The SMILES string of the molecule is CC(C)(c1ccccc1)c1cccc(C2[O][Ti](=[O])[O]C2=O)c1C(C)(C)c1ccccc1. The van der Waals surface area contributed by atoms with E-state index < -0.39 is 36.1 Å². The number of hydrogen-bond acceptors (Lipinski definition) is 4. The first kappa shape index (κ1) is 21.8. The van der Waals surface area contributed by atoms with E-state index in [1.54, 1.807) is 0 Å². The number of benzene rings is 3. The second-order valence-corrected chi connectivity index (χ2v) is 10.4. The summed E-state index contributed by atoms with van der Waals surface area (Å²) in [6, 6.07) is 26.5. The summed E-state index contributed by atoms with van der Waals surface area (Å²) < 4.78 is 22.5. The zero-order valence-electron chi connectivity index (χ0n) is 18.2. The van der Waals surface area contributed by atoms with Crippen molar-refractivity contribution in [3.05, 3.63) is 107 Å². The van der Waals surface area contributed by atoms with Gasteiger partial charge in [-0.3, -0.25) is 0 Å². The van der Waals surface area contributed by atoms with Crippen LogP contribution in [0.25, 0.3) is 0 Å². The molecule has 5 heteroatoms. The second-order valence-electron chi connectivity index (χ2n) is 8.92. The number of carbonyl (C=O) groups excluding carboxylic acids is 1. The quantitative estimate of drug-likeness (QED) is 0.465. The Morgan fingerprint density at radius 1 is 0.742 bits per heavy atom. The molecule has 31 heavy (non-hydrogen) atoms. The van der Waals surface area contributed by atoms with Crippen LogP contribution in [-0.2, 0) is 44.2 Å². The van der Waals surface area contributed by atoms with E-state index in [9.17, 15) is 8.12 Å². The molecule has 0 spiro atoms. The Balaban J connectivity index is 2.00. The summed E-state index contributed by atoms with van der Waals surface area (Å²) >= 11 is -3.48. The van der Waals surface area contributed by atoms with E-state index in [0.29, 0.717) is 0 Å². The molecule has 1 aliphatic rings. The van der Waals surface area contributed by atoms with E-state index in [0.717, 1.165) is 22.3 Å². The Morgan fingerprint density at radius 2 is 1.29 bits per heavy atom. The van der Waals surface area contributed by atoms with Gasteiger partial charge >= 0.3 is 191 Å². The molecule has 0 aliphatic carbocycles. The molecular weight excluding hydrogens is 424 g/mol. The minimum atomic E-state index is -3.48. The molecule has 0 saturated carbocycles. The first-order valence-corrected chi connectivity index (χ1v) is 12.3. The molecule has 0 radical (unpaired) electrons. The first-order valence-electron chi connectivity index (χ1n) is 10.4. The standard InChI is InChI=1S/C26H27O3.O.Ti/c1-25(2,18-12-7-5-8-13-18)21-17-11-16-20(23(27)24(28)29)22(21)26(3,4)19-14-9-6-10-15-19;;/h5-17,23H,1-4H3,(H,28,29);;/q-1;;+2/p-1. The van der Waals surface area contributed by atoms with Crippen molar-refractivity contribution in [2.75, 3.05) is 0 Å². The fourth-order valence-corrected chi connectivity index (χ4v) is 5.66. The minimum absolute atomic E-state index is 0.336. The van der Waals surface area contributed by atoms with Gasteiger partial charge in [0.1, 0.15) is 0 Å². The second kappa shape index (κ2) is 8.27. The summed E-state index contributed by atoms with van der Waals surface area (Å²) in [6.07, 6.45) is -0.961. The molecule has 158 valence electrons. The third-order valence-corrected chi connectivity index (χ3v) is 7.52. The predicted octanol–water partition coefficient (Wildman–Crippen LogP) is 5.75. The van der Waals surface area contributed by atoms with Crippen LogP contribution in [0.2, 0.25) is 0 Å². The van der Waals surface area contributed by atoms with Crippen LogP contribution in [0.5, 0.6) is 0 Å². The van der Waals surface area contributed by atoms with E-state index >= 15 is 0 Å². The van der Waals surface area contributed by atoms with Gasteiger partial charge in [0.2, 0.25) is 0 Å². The molecule has 1 aliphatic heterocycles. The molecule has 0 aromatic heterocycles. The zero-order chi connectivity index (χ0) is 22.2. The van der Waals surface area contributed by atoms with Crippen LogP contribution < -0.4 is 0 Å². The summed E-state index contributed by atoms with van der Waals surface area (Å²) in [4.78, 5) is 12.5. The van der Waals surface area contributed by atoms with Gasteiger partial charge in [0.25, 0.3) is 0 Å². The normalized spacial score (nSPS) is 17.0. The summed E-state index contributed by atoms with van der Waals surface area (Å²) in [5, 5.41) is 0. The molecule has 1 saturated heterocycles. The summed E-state index contributed by atoms with van der Waals surface area (Å²) in [5.41, 5.74) is 4.35. The third kappa shape index (κ3) is 3.96. The van der Waals surface area contributed by atoms with Crippen LogP contribution >= 0.6 is 0 Å². The molecule has 3 aromatic carbocycles. The van der Waals surface area contributed by atoms with Crippen LogP contribution in [0.4, 0.5) is 0 Å². The summed E-state index contributed by atoms with van der Waals surface area (Å²) in [7, 11) is 0. The molecule has 4 nitrogen and oxygen atoms in total. The van der Waals surface area contributed by atoms with E-state index in [2.05, 4.69) is 58.0 Å². The van der Waals surface area contributed by atoms with Crippen molar-refractivity contribution in [3.63, 3.8) is 0 Å². The fourth-order valence-electron chi connectivity index (χ4n) is 4.51. The zero-order valence-corrected chi connectivity index (χ0v) is 19.8. The van der Waals surface area contributed by atoms with E-state index in [1.165, 1.54) is 5.56 Å². The van der Waals surface area contributed by atoms with Crippen molar-refractivity contribution in [3.8, 4) is 0 Å². The summed E-state index contributed by atoms with van der Waals surface area (Å²) in [6.45, 7) is 8.68. The van der Waals surface area contributed by atoms with Gasteiger partial charge in [0.15, 0.2) is 0 Å². The van der Waals surface area contributed by atoms with Crippen molar-refractivity contribution in [1.29, 1.82) is 0 Å². The van der Waals surface area contributed by atoms with E-state index in [4.69, 9.17) is 6.64 Å². The Kier molecular flexibility index (Phi) is 5.82. The maximum atomic E-state index is 12.5. The Morgan fingerprint density at radius 3 is 1.81 bits per heavy atom. The van der Waals surface area contributed by atoms with Gasteiger partial charge < -0.3 is 0 Å². The van der Waals surface area contributed by atoms with Crippen LogP contribution in [0, 0.1) is 0 Å². The predicted molar refractivity (Wildman–Crippen MR) is 114 cm³/mol. The summed E-state index contributed by atoms with van der Waals surface area (Å²) in [5.74, 6) is -0.565. The Bertz CT molecular complexity index is 1120. The van der Waals surface area contributed by atoms with Crippen LogP contribution in [0.1, 0.15) is 61.6 Å².